The molecule has 0 aliphatic carbocycles. The second kappa shape index (κ2) is 8.58. The summed E-state index contributed by atoms with van der Waals surface area (Å²) < 4.78 is 9.06. The Hall–Kier alpha value is -3.33. The number of nitrogens with zero attached hydrogens (tertiary/aromatic N) is 5. The van der Waals surface area contributed by atoms with Crippen molar-refractivity contribution in [1.29, 1.82) is 0 Å². The molecule has 0 radical (unpaired) electrons. The first-order chi connectivity index (χ1) is 14.5. The van der Waals surface area contributed by atoms with E-state index in [0.29, 0.717) is 11.7 Å². The molecule has 4 rings (SSSR count). The molecule has 30 heavy (non-hydrogen) atoms. The zero-order valence-electron chi connectivity index (χ0n) is 17.0. The van der Waals surface area contributed by atoms with Crippen LogP contribution in [-0.2, 0) is 11.3 Å². The van der Waals surface area contributed by atoms with Crippen LogP contribution in [0.3, 0.4) is 0 Å². The van der Waals surface area contributed by atoms with Crippen LogP contribution in [0.2, 0.25) is 0 Å². The van der Waals surface area contributed by atoms with Crippen LogP contribution in [0.4, 0.5) is 5.69 Å². The van der Waals surface area contributed by atoms with Gasteiger partial charge in [-0.05, 0) is 45.0 Å². The van der Waals surface area contributed by atoms with Gasteiger partial charge in [-0.1, -0.05) is 29.5 Å². The number of anilines is 1. The lowest BCUT2D eigenvalue weighted by atomic mass is 10.2. The van der Waals surface area contributed by atoms with Crippen LogP contribution >= 0.6 is 11.8 Å². The lowest BCUT2D eigenvalue weighted by molar-refractivity contribution is -0.113. The number of benzene rings is 1. The first-order valence-corrected chi connectivity index (χ1v) is 10.5. The minimum atomic E-state index is -0.123. The number of aryl methyl sites for hydroxylation is 2. The molecule has 0 fully saturated rings. The number of hydrogen-bond donors (Lipinski definition) is 1. The number of carbonyl (C=O) groups excluding carboxylic acids is 1. The quantitative estimate of drug-likeness (QED) is 0.456. The number of rotatable bonds is 7. The number of thioether (sulfide) groups is 1. The largest absolute Gasteiger partial charge is 0.467 e. The molecule has 3 aromatic heterocycles. The lowest BCUT2D eigenvalue weighted by Gasteiger charge is -2.08. The molecule has 0 aliphatic heterocycles. The maximum absolute atomic E-state index is 12.6. The van der Waals surface area contributed by atoms with Gasteiger partial charge in [0.1, 0.15) is 12.1 Å². The Kier molecular flexibility index (Phi) is 5.71. The van der Waals surface area contributed by atoms with Gasteiger partial charge in [0.2, 0.25) is 5.91 Å². The summed E-state index contributed by atoms with van der Waals surface area (Å²) >= 11 is 1.33. The highest BCUT2D eigenvalue weighted by Gasteiger charge is 2.16. The molecule has 0 bridgehead atoms. The van der Waals surface area contributed by atoms with Gasteiger partial charge in [-0.2, -0.15) is 5.10 Å². The monoisotopic (exact) mass is 422 g/mol. The SMILES string of the molecule is Cc1ccc(-n2nc(C)c(NC(=O)CSc3nncn3Cc3ccco3)c2C)cc1. The maximum atomic E-state index is 12.6. The van der Waals surface area contributed by atoms with Crippen molar-refractivity contribution in [2.45, 2.75) is 32.5 Å². The molecule has 1 amide bonds. The summed E-state index contributed by atoms with van der Waals surface area (Å²) in [5, 5.41) is 16.3. The van der Waals surface area contributed by atoms with Gasteiger partial charge in [0.05, 0.1) is 41.3 Å². The molecule has 154 valence electrons. The van der Waals surface area contributed by atoms with Crippen LogP contribution in [-0.4, -0.2) is 36.2 Å². The Labute approximate surface area is 178 Å². The number of furan rings is 1. The van der Waals surface area contributed by atoms with E-state index in [-0.39, 0.29) is 11.7 Å². The lowest BCUT2D eigenvalue weighted by Crippen LogP contribution is -2.16. The van der Waals surface area contributed by atoms with Crippen molar-refractivity contribution in [2.75, 3.05) is 11.1 Å². The van der Waals surface area contributed by atoms with Crippen molar-refractivity contribution in [3.63, 3.8) is 0 Å². The number of nitrogens with one attached hydrogen (secondary N) is 1. The molecule has 9 heteroatoms. The molecule has 4 aromatic rings. The molecule has 1 N–H and O–H groups in total. The molecule has 0 spiro atoms. The van der Waals surface area contributed by atoms with E-state index in [4.69, 9.17) is 4.42 Å². The topological polar surface area (TPSA) is 90.8 Å². The minimum Gasteiger partial charge on any atom is -0.467 e. The van der Waals surface area contributed by atoms with Crippen molar-refractivity contribution < 1.29 is 9.21 Å². The molecular formula is C21H22N6O2S. The Morgan fingerprint density at radius 1 is 1.17 bits per heavy atom. The van der Waals surface area contributed by atoms with Gasteiger partial charge >= 0.3 is 0 Å². The third-order valence-electron chi connectivity index (χ3n) is 4.65. The highest BCUT2D eigenvalue weighted by atomic mass is 32.2. The summed E-state index contributed by atoms with van der Waals surface area (Å²) in [6, 6.07) is 11.8. The molecular weight excluding hydrogens is 400 g/mol. The van der Waals surface area contributed by atoms with E-state index in [1.807, 2.05) is 66.4 Å². The number of hydrogen-bond acceptors (Lipinski definition) is 6. The van der Waals surface area contributed by atoms with Gasteiger partial charge in [-0.25, -0.2) is 4.68 Å². The van der Waals surface area contributed by atoms with Crippen LogP contribution in [0.15, 0.2) is 58.6 Å². The van der Waals surface area contributed by atoms with E-state index in [2.05, 4.69) is 20.6 Å². The first kappa shape index (κ1) is 20.0. The van der Waals surface area contributed by atoms with Crippen LogP contribution in [0.25, 0.3) is 5.69 Å². The Morgan fingerprint density at radius 2 is 1.97 bits per heavy atom. The van der Waals surface area contributed by atoms with E-state index in [1.54, 1.807) is 12.6 Å². The Morgan fingerprint density at radius 3 is 2.70 bits per heavy atom. The average molecular weight is 423 g/mol. The molecule has 0 atom stereocenters. The predicted molar refractivity (Wildman–Crippen MR) is 115 cm³/mol. The molecule has 1 aromatic carbocycles. The van der Waals surface area contributed by atoms with Gasteiger partial charge < -0.3 is 14.3 Å². The van der Waals surface area contributed by atoms with Crippen LogP contribution in [0.1, 0.15) is 22.7 Å². The standard InChI is InChI=1S/C21H22N6O2S/c1-14-6-8-17(9-7-14)27-16(3)20(15(2)25-27)23-19(28)12-30-21-24-22-13-26(21)11-18-5-4-10-29-18/h4-10,13H,11-12H2,1-3H3,(H,23,28). The highest BCUT2D eigenvalue weighted by Crippen LogP contribution is 2.24. The normalized spacial score (nSPS) is 11.0. The summed E-state index contributed by atoms with van der Waals surface area (Å²) in [7, 11) is 0. The summed E-state index contributed by atoms with van der Waals surface area (Å²) in [4.78, 5) is 12.6. The van der Waals surface area contributed by atoms with Crippen molar-refractivity contribution in [3.8, 4) is 5.69 Å². The van der Waals surface area contributed by atoms with E-state index >= 15 is 0 Å². The van der Waals surface area contributed by atoms with Crippen molar-refractivity contribution in [3.05, 3.63) is 71.7 Å². The summed E-state index contributed by atoms with van der Waals surface area (Å²) in [6.07, 6.45) is 3.25. The average Bonchev–Trinajstić information content (AvgIpc) is 3.46. The zero-order valence-corrected chi connectivity index (χ0v) is 17.8. The smallest absolute Gasteiger partial charge is 0.234 e. The molecule has 0 saturated carbocycles. The molecule has 0 saturated heterocycles. The van der Waals surface area contributed by atoms with Crippen molar-refractivity contribution in [2.24, 2.45) is 0 Å². The van der Waals surface area contributed by atoms with Gasteiger partial charge in [0.25, 0.3) is 0 Å². The first-order valence-electron chi connectivity index (χ1n) is 9.47. The molecule has 3 heterocycles. The van der Waals surface area contributed by atoms with Crippen molar-refractivity contribution in [1.82, 2.24) is 24.5 Å². The molecule has 0 unspecified atom stereocenters. The zero-order chi connectivity index (χ0) is 21.1. The van der Waals surface area contributed by atoms with Gasteiger partial charge in [-0.3, -0.25) is 4.79 Å². The summed E-state index contributed by atoms with van der Waals surface area (Å²) in [6.45, 7) is 6.40. The highest BCUT2D eigenvalue weighted by molar-refractivity contribution is 7.99. The van der Waals surface area contributed by atoms with E-state index in [1.165, 1.54) is 17.3 Å². The van der Waals surface area contributed by atoms with E-state index < -0.39 is 0 Å². The second-order valence-corrected chi connectivity index (χ2v) is 7.89. The number of aromatic nitrogens is 5. The molecule has 0 aliphatic rings. The third kappa shape index (κ3) is 4.30. The van der Waals surface area contributed by atoms with Gasteiger partial charge in [0.15, 0.2) is 5.16 Å². The minimum absolute atomic E-state index is 0.123. The van der Waals surface area contributed by atoms with Crippen LogP contribution in [0.5, 0.6) is 0 Å². The van der Waals surface area contributed by atoms with Crippen molar-refractivity contribution >= 4 is 23.4 Å². The number of amides is 1. The molecule has 8 nitrogen and oxygen atoms in total. The van der Waals surface area contributed by atoms with Crippen LogP contribution < -0.4 is 5.32 Å². The number of carbonyl (C=O) groups is 1. The van der Waals surface area contributed by atoms with Crippen LogP contribution in [0, 0.1) is 20.8 Å². The summed E-state index contributed by atoms with van der Waals surface area (Å²) in [5.41, 5.74) is 4.54. The van der Waals surface area contributed by atoms with Gasteiger partial charge in [-0.15, -0.1) is 10.2 Å². The second-order valence-electron chi connectivity index (χ2n) is 6.95. The Bertz CT molecular complexity index is 1150. The van der Waals surface area contributed by atoms with E-state index in [0.717, 1.165) is 28.5 Å². The summed E-state index contributed by atoms with van der Waals surface area (Å²) in [5.74, 6) is 0.893. The third-order valence-corrected chi connectivity index (χ3v) is 5.63. The Balaban J connectivity index is 1.42. The fourth-order valence-electron chi connectivity index (χ4n) is 3.10. The predicted octanol–water partition coefficient (Wildman–Crippen LogP) is 3.76. The fourth-order valence-corrected chi connectivity index (χ4v) is 3.82. The van der Waals surface area contributed by atoms with Gasteiger partial charge in [0, 0.05) is 0 Å². The van der Waals surface area contributed by atoms with E-state index in [9.17, 15) is 4.79 Å². The fraction of sp³-hybridized carbons (Fsp3) is 0.238. The maximum Gasteiger partial charge on any atom is 0.234 e.